The van der Waals surface area contributed by atoms with Gasteiger partial charge in [-0.05, 0) is 30.7 Å². The number of rotatable bonds is 14. The highest BCUT2D eigenvalue weighted by Gasteiger charge is 2.33. The van der Waals surface area contributed by atoms with Crippen molar-refractivity contribution in [1.29, 1.82) is 0 Å². The molecule has 0 aliphatic carbocycles. The van der Waals surface area contributed by atoms with Crippen LogP contribution >= 0.6 is 11.8 Å². The van der Waals surface area contributed by atoms with E-state index in [0.29, 0.717) is 25.7 Å². The summed E-state index contributed by atoms with van der Waals surface area (Å²) >= 11 is 1.49. The molecule has 2 unspecified atom stereocenters. The van der Waals surface area contributed by atoms with Crippen molar-refractivity contribution < 1.29 is 24.0 Å². The Morgan fingerprint density at radius 2 is 1.51 bits per heavy atom. The molecule has 1 aromatic carbocycles. The van der Waals surface area contributed by atoms with Gasteiger partial charge >= 0.3 is 0 Å². The summed E-state index contributed by atoms with van der Waals surface area (Å²) < 4.78 is -0.225. The molecule has 1 aliphatic heterocycles. The molecule has 39 heavy (non-hydrogen) atoms. The molecule has 3 N–H and O–H groups in total. The number of carbonyl (C=O) groups excluding carboxylic acids is 5. The lowest BCUT2D eigenvalue weighted by molar-refractivity contribution is -0.138. The van der Waals surface area contributed by atoms with Gasteiger partial charge in [0.1, 0.15) is 12.1 Å². The highest BCUT2D eigenvalue weighted by molar-refractivity contribution is 8.01. The second-order valence-corrected chi connectivity index (χ2v) is 13.4. The average molecular weight is 561 g/mol. The lowest BCUT2D eigenvalue weighted by atomic mass is 10.0. The summed E-state index contributed by atoms with van der Waals surface area (Å²) in [5.41, 5.74) is 0.910. The van der Waals surface area contributed by atoms with Gasteiger partial charge in [0.25, 0.3) is 0 Å². The Labute approximate surface area is 236 Å². The van der Waals surface area contributed by atoms with Crippen LogP contribution in [0.2, 0.25) is 0 Å². The van der Waals surface area contributed by atoms with E-state index in [1.54, 1.807) is 0 Å². The molecule has 0 saturated carbocycles. The zero-order valence-corrected chi connectivity index (χ0v) is 24.9. The molecule has 0 aromatic heterocycles. The average Bonchev–Trinajstić information content (AvgIpc) is 3.18. The molecule has 5 amide bonds. The first-order chi connectivity index (χ1) is 18.3. The van der Waals surface area contributed by atoms with Crippen LogP contribution in [0.5, 0.6) is 0 Å². The van der Waals surface area contributed by atoms with Crippen LogP contribution < -0.4 is 16.0 Å². The van der Waals surface area contributed by atoms with Crippen molar-refractivity contribution in [3.63, 3.8) is 0 Å². The van der Waals surface area contributed by atoms with Gasteiger partial charge in [-0.15, -0.1) is 11.8 Å². The van der Waals surface area contributed by atoms with E-state index in [-0.39, 0.29) is 53.7 Å². The number of nitrogens with zero attached hydrogens (tertiary/aromatic N) is 1. The Kier molecular flexibility index (Phi) is 12.5. The van der Waals surface area contributed by atoms with Gasteiger partial charge in [0.2, 0.25) is 29.5 Å². The number of amides is 5. The summed E-state index contributed by atoms with van der Waals surface area (Å²) in [4.78, 5) is 64.7. The maximum absolute atomic E-state index is 13.5. The van der Waals surface area contributed by atoms with Crippen LogP contribution in [0, 0.1) is 5.92 Å². The van der Waals surface area contributed by atoms with Gasteiger partial charge < -0.3 is 16.0 Å². The van der Waals surface area contributed by atoms with Gasteiger partial charge in [-0.3, -0.25) is 28.9 Å². The summed E-state index contributed by atoms with van der Waals surface area (Å²) in [6.45, 7) is 10.3. The van der Waals surface area contributed by atoms with Crippen LogP contribution in [0.3, 0.4) is 0 Å². The van der Waals surface area contributed by atoms with Gasteiger partial charge in [0.15, 0.2) is 0 Å². The smallest absolute Gasteiger partial charge is 0.243 e. The van der Waals surface area contributed by atoms with E-state index < -0.39 is 23.2 Å². The van der Waals surface area contributed by atoms with Gasteiger partial charge in [-0.2, -0.15) is 0 Å². The lowest BCUT2D eigenvalue weighted by Crippen LogP contribution is -2.55. The lowest BCUT2D eigenvalue weighted by Gasteiger charge is -2.29. The minimum absolute atomic E-state index is 0.120. The second kappa shape index (κ2) is 15.1. The van der Waals surface area contributed by atoms with Gasteiger partial charge in [-0.1, -0.05) is 65.0 Å². The molecule has 0 radical (unpaired) electrons. The van der Waals surface area contributed by atoms with Crippen LogP contribution in [-0.4, -0.2) is 70.1 Å². The Bertz CT molecular complexity index is 993. The summed E-state index contributed by atoms with van der Waals surface area (Å²) in [6.07, 6.45) is 2.17. The van der Waals surface area contributed by atoms with Crippen molar-refractivity contribution in [2.45, 2.75) is 95.2 Å². The van der Waals surface area contributed by atoms with E-state index in [0.717, 1.165) is 5.56 Å². The van der Waals surface area contributed by atoms with Crippen molar-refractivity contribution in [3.05, 3.63) is 35.9 Å². The highest BCUT2D eigenvalue weighted by Crippen LogP contribution is 2.31. The number of benzene rings is 1. The monoisotopic (exact) mass is 560 g/mol. The summed E-state index contributed by atoms with van der Waals surface area (Å²) in [6, 6.07) is 7.83. The predicted molar refractivity (Wildman–Crippen MR) is 154 cm³/mol. The van der Waals surface area contributed by atoms with Crippen molar-refractivity contribution >= 4 is 41.3 Å². The summed E-state index contributed by atoms with van der Waals surface area (Å²) in [7, 11) is 1.53. The Balaban J connectivity index is 2.12. The second-order valence-electron chi connectivity index (χ2n) is 11.4. The molecule has 1 aliphatic rings. The number of likely N-dealkylation sites (tertiary alicyclic amines) is 1. The number of thioether (sulfide) groups is 1. The van der Waals surface area contributed by atoms with E-state index in [9.17, 15) is 24.0 Å². The van der Waals surface area contributed by atoms with Gasteiger partial charge in [-0.25, -0.2) is 0 Å². The number of hydrogen-bond acceptors (Lipinski definition) is 6. The molecule has 1 fully saturated rings. The molecule has 1 saturated heterocycles. The third-order valence-corrected chi connectivity index (χ3v) is 7.73. The van der Waals surface area contributed by atoms with Gasteiger partial charge in [0, 0.05) is 37.6 Å². The minimum Gasteiger partial charge on any atom is -0.357 e. The number of imide groups is 1. The van der Waals surface area contributed by atoms with Crippen LogP contribution in [0.1, 0.15) is 72.3 Å². The minimum atomic E-state index is -0.815. The molecule has 9 nitrogen and oxygen atoms in total. The highest BCUT2D eigenvalue weighted by atomic mass is 32.2. The van der Waals surface area contributed by atoms with Crippen molar-refractivity contribution in [2.24, 2.45) is 5.92 Å². The van der Waals surface area contributed by atoms with Crippen molar-refractivity contribution in [1.82, 2.24) is 20.9 Å². The maximum atomic E-state index is 13.5. The Morgan fingerprint density at radius 3 is 2.05 bits per heavy atom. The number of nitrogens with one attached hydrogen (secondary N) is 3. The third kappa shape index (κ3) is 11.0. The fourth-order valence-electron chi connectivity index (χ4n) is 4.45. The third-order valence-electron chi connectivity index (χ3n) is 6.29. The maximum Gasteiger partial charge on any atom is 0.243 e. The molecular weight excluding hydrogens is 516 g/mol. The molecule has 1 heterocycles. The Morgan fingerprint density at radius 1 is 0.923 bits per heavy atom. The molecule has 0 spiro atoms. The van der Waals surface area contributed by atoms with E-state index in [2.05, 4.69) is 16.0 Å². The molecular formula is C29H44N4O5S. The molecule has 10 heteroatoms. The van der Waals surface area contributed by atoms with Crippen LogP contribution in [-0.2, 0) is 30.4 Å². The molecule has 216 valence electrons. The van der Waals surface area contributed by atoms with E-state index in [4.69, 9.17) is 0 Å². The van der Waals surface area contributed by atoms with Crippen LogP contribution in [0.25, 0.3) is 0 Å². The first-order valence-electron chi connectivity index (χ1n) is 13.7. The fourth-order valence-corrected chi connectivity index (χ4v) is 5.76. The summed E-state index contributed by atoms with van der Waals surface area (Å²) in [5, 5.41) is 7.93. The Hall–Kier alpha value is -2.88. The normalized spacial score (nSPS) is 16.1. The fraction of sp³-hybridized carbons (Fsp3) is 0.621. The largest absolute Gasteiger partial charge is 0.357 e. The van der Waals surface area contributed by atoms with Crippen molar-refractivity contribution in [3.8, 4) is 0 Å². The number of carbonyl (C=O) groups is 5. The SMILES string of the molecule is CNC(=O)[C@H](Cc1ccccc1)NC(=O)C(CC(C)C)NC(=O)C(CCCN1C(=O)CCC1=O)SC(C)(C)C. The topological polar surface area (TPSA) is 125 Å². The summed E-state index contributed by atoms with van der Waals surface area (Å²) in [5.74, 6) is -1.20. The quantitative estimate of drug-likeness (QED) is 0.301. The molecule has 1 aromatic rings. The number of likely N-dealkylation sites (N-methyl/N-ethyl adjacent to an activating group) is 1. The standard InChI is InChI=1S/C29H44N4O5S/c1-19(2)17-21(27(37)31-22(26(36)30-6)18-20-11-8-7-9-12-20)32-28(38)23(39-29(3,4)5)13-10-16-33-24(34)14-15-25(33)35/h7-9,11-12,19,21-23H,10,13-18H2,1-6H3,(H,30,36)(H,31,37)(H,32,38)/t21?,22-,23?/m0/s1. The molecule has 2 rings (SSSR count). The first-order valence-corrected chi connectivity index (χ1v) is 14.6. The predicted octanol–water partition coefficient (Wildman–Crippen LogP) is 2.82. The molecule has 3 atom stereocenters. The number of hydrogen-bond donors (Lipinski definition) is 3. The molecule has 0 bridgehead atoms. The van der Waals surface area contributed by atoms with Gasteiger partial charge in [0.05, 0.1) is 5.25 Å². The van der Waals surface area contributed by atoms with E-state index >= 15 is 0 Å². The van der Waals surface area contributed by atoms with Crippen molar-refractivity contribution in [2.75, 3.05) is 13.6 Å². The van der Waals surface area contributed by atoms with E-state index in [1.165, 1.54) is 23.7 Å². The first kappa shape index (κ1) is 32.3. The van der Waals surface area contributed by atoms with Crippen LogP contribution in [0.15, 0.2) is 30.3 Å². The van der Waals surface area contributed by atoms with Crippen LogP contribution in [0.4, 0.5) is 0 Å². The zero-order valence-electron chi connectivity index (χ0n) is 24.0. The zero-order chi connectivity index (χ0) is 29.2. The van der Waals surface area contributed by atoms with E-state index in [1.807, 2.05) is 65.0 Å².